The summed E-state index contributed by atoms with van der Waals surface area (Å²) in [4.78, 5) is 11.4. The lowest BCUT2D eigenvalue weighted by molar-refractivity contribution is -0.145. The lowest BCUT2D eigenvalue weighted by atomic mass is 9.72. The number of hydrogen-bond donors (Lipinski definition) is 1. The van der Waals surface area contributed by atoms with E-state index in [1.54, 1.807) is 0 Å². The summed E-state index contributed by atoms with van der Waals surface area (Å²) in [5.74, 6) is 0.253. The van der Waals surface area contributed by atoms with Crippen LogP contribution in [0.5, 0.6) is 0 Å². The van der Waals surface area contributed by atoms with Crippen molar-refractivity contribution in [3.8, 4) is 0 Å². The first-order valence-electron chi connectivity index (χ1n) is 7.97. The number of aryl methyl sites for hydroxylation is 2. The third-order valence-corrected chi connectivity index (χ3v) is 5.22. The fourth-order valence-electron chi connectivity index (χ4n) is 4.10. The second-order valence-electron chi connectivity index (χ2n) is 6.78. The highest BCUT2D eigenvalue weighted by Crippen LogP contribution is 2.36. The smallest absolute Gasteiger partial charge is 0.306 e. The van der Waals surface area contributed by atoms with Crippen LogP contribution in [0.15, 0.2) is 18.2 Å². The Labute approximate surface area is 121 Å². The van der Waals surface area contributed by atoms with Crippen LogP contribution in [0, 0.1) is 17.8 Å². The van der Waals surface area contributed by atoms with Crippen LogP contribution < -0.4 is 0 Å². The minimum Gasteiger partial charge on any atom is -0.481 e. The number of aliphatic carboxylic acids is 1. The summed E-state index contributed by atoms with van der Waals surface area (Å²) in [5.41, 5.74) is 4.34. The van der Waals surface area contributed by atoms with Gasteiger partial charge in [-0.15, -0.1) is 0 Å². The molecule has 3 atom stereocenters. The second kappa shape index (κ2) is 5.59. The summed E-state index contributed by atoms with van der Waals surface area (Å²) in [5, 5.41) is 9.43. The summed E-state index contributed by atoms with van der Waals surface area (Å²) in [6.45, 7) is 2.26. The van der Waals surface area contributed by atoms with Crippen molar-refractivity contribution in [3.05, 3.63) is 34.9 Å². The summed E-state index contributed by atoms with van der Waals surface area (Å²) >= 11 is 0. The van der Waals surface area contributed by atoms with E-state index < -0.39 is 5.97 Å². The maximum Gasteiger partial charge on any atom is 0.306 e. The topological polar surface area (TPSA) is 37.3 Å². The number of carbonyl (C=O) groups is 1. The maximum atomic E-state index is 11.4. The monoisotopic (exact) mass is 272 g/mol. The van der Waals surface area contributed by atoms with E-state index in [1.807, 2.05) is 0 Å². The standard InChI is InChI=1S/C18H24O2/c1-12-5-8-17(18(19)20)16(9-12)11-13-6-7-14-3-2-4-15(14)10-13/h6-7,10,12,16-17H,2-5,8-9,11H2,1H3,(H,19,20). The van der Waals surface area contributed by atoms with Gasteiger partial charge in [-0.1, -0.05) is 25.1 Å². The molecule has 1 N–H and O–H groups in total. The Balaban J connectivity index is 1.76. The van der Waals surface area contributed by atoms with Crippen molar-refractivity contribution >= 4 is 5.97 Å². The summed E-state index contributed by atoms with van der Waals surface area (Å²) in [6.07, 6.45) is 7.61. The van der Waals surface area contributed by atoms with Crippen molar-refractivity contribution in [2.24, 2.45) is 17.8 Å². The van der Waals surface area contributed by atoms with Crippen LogP contribution in [0.2, 0.25) is 0 Å². The number of benzene rings is 1. The van der Waals surface area contributed by atoms with Gasteiger partial charge in [0.05, 0.1) is 5.92 Å². The van der Waals surface area contributed by atoms with E-state index in [-0.39, 0.29) is 5.92 Å². The summed E-state index contributed by atoms with van der Waals surface area (Å²) in [6, 6.07) is 6.82. The molecule has 2 nitrogen and oxygen atoms in total. The van der Waals surface area contributed by atoms with Crippen molar-refractivity contribution < 1.29 is 9.90 Å². The molecule has 108 valence electrons. The largest absolute Gasteiger partial charge is 0.481 e. The van der Waals surface area contributed by atoms with Crippen molar-refractivity contribution in [2.75, 3.05) is 0 Å². The van der Waals surface area contributed by atoms with Gasteiger partial charge in [0.15, 0.2) is 0 Å². The first-order chi connectivity index (χ1) is 9.63. The van der Waals surface area contributed by atoms with Crippen LogP contribution in [-0.2, 0) is 24.1 Å². The number of hydrogen-bond acceptors (Lipinski definition) is 1. The molecule has 0 saturated heterocycles. The molecule has 3 rings (SSSR count). The van der Waals surface area contributed by atoms with Crippen molar-refractivity contribution in [3.63, 3.8) is 0 Å². The molecule has 0 bridgehead atoms. The zero-order chi connectivity index (χ0) is 14.1. The highest BCUT2D eigenvalue weighted by molar-refractivity contribution is 5.70. The lowest BCUT2D eigenvalue weighted by Crippen LogP contribution is -2.31. The predicted octanol–water partition coefficient (Wildman–Crippen LogP) is 3.85. The second-order valence-corrected chi connectivity index (χ2v) is 6.78. The zero-order valence-corrected chi connectivity index (χ0v) is 12.3. The number of fused-ring (bicyclic) bond motifs is 1. The molecule has 0 amide bonds. The van der Waals surface area contributed by atoms with Gasteiger partial charge in [0.1, 0.15) is 0 Å². The van der Waals surface area contributed by atoms with Gasteiger partial charge in [-0.2, -0.15) is 0 Å². The SMILES string of the molecule is CC1CCC(C(=O)O)C(Cc2ccc3c(c2)CCC3)C1. The summed E-state index contributed by atoms with van der Waals surface area (Å²) in [7, 11) is 0. The minimum atomic E-state index is -0.594. The zero-order valence-electron chi connectivity index (χ0n) is 12.3. The number of carboxylic acid groups (broad SMARTS) is 1. The molecular formula is C18H24O2. The molecule has 1 aromatic rings. The van der Waals surface area contributed by atoms with Crippen LogP contribution in [0.25, 0.3) is 0 Å². The predicted molar refractivity (Wildman–Crippen MR) is 79.8 cm³/mol. The van der Waals surface area contributed by atoms with Crippen LogP contribution in [-0.4, -0.2) is 11.1 Å². The van der Waals surface area contributed by atoms with Gasteiger partial charge in [0, 0.05) is 0 Å². The molecule has 3 unspecified atom stereocenters. The molecule has 0 spiro atoms. The van der Waals surface area contributed by atoms with Crippen LogP contribution in [0.1, 0.15) is 49.3 Å². The molecule has 1 fully saturated rings. The van der Waals surface area contributed by atoms with Gasteiger partial charge in [-0.25, -0.2) is 0 Å². The molecule has 0 radical (unpaired) electrons. The highest BCUT2D eigenvalue weighted by Gasteiger charge is 2.33. The average Bonchev–Trinajstić information content (AvgIpc) is 2.85. The summed E-state index contributed by atoms with van der Waals surface area (Å²) < 4.78 is 0. The van der Waals surface area contributed by atoms with Gasteiger partial charge in [0.25, 0.3) is 0 Å². The highest BCUT2D eigenvalue weighted by atomic mass is 16.4. The Bertz CT molecular complexity index is 506. The van der Waals surface area contributed by atoms with Crippen molar-refractivity contribution in [1.29, 1.82) is 0 Å². The van der Waals surface area contributed by atoms with Crippen LogP contribution in [0.3, 0.4) is 0 Å². The minimum absolute atomic E-state index is 0.139. The number of rotatable bonds is 3. The van der Waals surface area contributed by atoms with E-state index in [4.69, 9.17) is 0 Å². The molecule has 20 heavy (non-hydrogen) atoms. The Kier molecular flexibility index (Phi) is 3.82. The molecule has 1 saturated carbocycles. The third kappa shape index (κ3) is 2.74. The van der Waals surface area contributed by atoms with Crippen molar-refractivity contribution in [1.82, 2.24) is 0 Å². The fraction of sp³-hybridized carbons (Fsp3) is 0.611. The third-order valence-electron chi connectivity index (χ3n) is 5.22. The molecule has 2 aliphatic rings. The average molecular weight is 272 g/mol. The van der Waals surface area contributed by atoms with E-state index in [0.717, 1.165) is 25.7 Å². The van der Waals surface area contributed by atoms with Gasteiger partial charge >= 0.3 is 5.97 Å². The molecule has 2 aliphatic carbocycles. The van der Waals surface area contributed by atoms with Gasteiger partial charge in [-0.05, 0) is 73.5 Å². The van der Waals surface area contributed by atoms with E-state index in [2.05, 4.69) is 25.1 Å². The van der Waals surface area contributed by atoms with E-state index in [1.165, 1.54) is 36.0 Å². The Morgan fingerprint density at radius 3 is 2.85 bits per heavy atom. The first-order valence-corrected chi connectivity index (χ1v) is 7.97. The molecule has 0 heterocycles. The Hall–Kier alpha value is -1.31. The normalized spacial score (nSPS) is 29.1. The fourth-order valence-corrected chi connectivity index (χ4v) is 4.10. The molecule has 1 aromatic carbocycles. The van der Waals surface area contributed by atoms with Gasteiger partial charge in [-0.3, -0.25) is 4.79 Å². The van der Waals surface area contributed by atoms with E-state index in [9.17, 15) is 9.90 Å². The number of carboxylic acids is 1. The van der Waals surface area contributed by atoms with Gasteiger partial charge in [0.2, 0.25) is 0 Å². The molecule has 2 heteroatoms. The first kappa shape index (κ1) is 13.7. The molecule has 0 aromatic heterocycles. The van der Waals surface area contributed by atoms with Crippen LogP contribution >= 0.6 is 0 Å². The maximum absolute atomic E-state index is 11.4. The Morgan fingerprint density at radius 1 is 1.25 bits per heavy atom. The van der Waals surface area contributed by atoms with Crippen LogP contribution in [0.4, 0.5) is 0 Å². The lowest BCUT2D eigenvalue weighted by Gasteiger charge is -2.32. The Morgan fingerprint density at radius 2 is 2.05 bits per heavy atom. The molecular weight excluding hydrogens is 248 g/mol. The van der Waals surface area contributed by atoms with E-state index >= 15 is 0 Å². The quantitative estimate of drug-likeness (QED) is 0.907. The molecule has 0 aliphatic heterocycles. The van der Waals surface area contributed by atoms with Crippen molar-refractivity contribution in [2.45, 2.75) is 51.9 Å². The van der Waals surface area contributed by atoms with E-state index in [0.29, 0.717) is 11.8 Å². The van der Waals surface area contributed by atoms with Gasteiger partial charge < -0.3 is 5.11 Å².